The predicted octanol–water partition coefficient (Wildman–Crippen LogP) is 1.06. The summed E-state index contributed by atoms with van der Waals surface area (Å²) in [6.07, 6.45) is 0. The van der Waals surface area contributed by atoms with Crippen molar-refractivity contribution < 1.29 is 5.21 Å². The maximum absolute atomic E-state index is 8.42. The summed E-state index contributed by atoms with van der Waals surface area (Å²) in [5, 5.41) is 11.3. The first-order valence-corrected chi connectivity index (χ1v) is 4.59. The summed E-state index contributed by atoms with van der Waals surface area (Å²) in [5.74, 6) is 6.37. The molecule has 0 radical (unpaired) electrons. The van der Waals surface area contributed by atoms with E-state index < -0.39 is 0 Å². The minimum absolute atomic E-state index is 0.0960. The molecule has 0 bridgehead atoms. The molecule has 0 heterocycles. The van der Waals surface area contributed by atoms with E-state index in [0.29, 0.717) is 11.3 Å². The highest BCUT2D eigenvalue weighted by Crippen LogP contribution is 2.02. The van der Waals surface area contributed by atoms with E-state index in [1.807, 2.05) is 12.1 Å². The number of rotatable bonds is 1. The zero-order valence-electron chi connectivity index (χ0n) is 7.44. The Kier molecular flexibility index (Phi) is 3.89. The molecule has 0 aliphatic rings. The van der Waals surface area contributed by atoms with Gasteiger partial charge in [-0.3, -0.25) is 0 Å². The average Bonchev–Trinajstić information content (AvgIpc) is 2.26. The van der Waals surface area contributed by atoms with Gasteiger partial charge in [0.1, 0.15) is 0 Å². The number of nitrogens with two attached hydrogens (primary N) is 1. The van der Waals surface area contributed by atoms with Crippen molar-refractivity contribution in [2.75, 3.05) is 5.75 Å². The first-order chi connectivity index (χ1) is 6.77. The van der Waals surface area contributed by atoms with Gasteiger partial charge in [0.2, 0.25) is 0 Å². The number of thiol groups is 1. The fraction of sp³-hybridized carbons (Fsp3) is 0.100. The number of amidine groups is 1. The van der Waals surface area contributed by atoms with Crippen LogP contribution in [-0.2, 0) is 0 Å². The molecule has 0 aromatic heterocycles. The van der Waals surface area contributed by atoms with E-state index in [-0.39, 0.29) is 5.84 Å². The van der Waals surface area contributed by atoms with E-state index in [4.69, 9.17) is 10.9 Å². The second-order valence-electron chi connectivity index (χ2n) is 2.52. The second kappa shape index (κ2) is 5.20. The van der Waals surface area contributed by atoms with Gasteiger partial charge in [0.15, 0.2) is 5.84 Å². The van der Waals surface area contributed by atoms with Gasteiger partial charge in [-0.15, -0.1) is 0 Å². The van der Waals surface area contributed by atoms with Crippen LogP contribution in [0.3, 0.4) is 0 Å². The molecule has 0 aliphatic heterocycles. The summed E-state index contributed by atoms with van der Waals surface area (Å²) in [4.78, 5) is 0. The van der Waals surface area contributed by atoms with Gasteiger partial charge >= 0.3 is 0 Å². The van der Waals surface area contributed by atoms with Crippen LogP contribution in [0.25, 0.3) is 0 Å². The number of nitrogens with zero attached hydrogens (tertiary/aromatic N) is 1. The van der Waals surface area contributed by atoms with E-state index in [1.165, 1.54) is 0 Å². The Morgan fingerprint density at radius 3 is 2.57 bits per heavy atom. The van der Waals surface area contributed by atoms with Crippen LogP contribution in [0.15, 0.2) is 29.4 Å². The van der Waals surface area contributed by atoms with Crippen LogP contribution in [0.4, 0.5) is 0 Å². The molecule has 0 atom stereocenters. The molecule has 0 unspecified atom stereocenters. The maximum atomic E-state index is 8.42. The third kappa shape index (κ3) is 2.71. The lowest BCUT2D eigenvalue weighted by Gasteiger charge is -1.97. The Labute approximate surface area is 88.0 Å². The third-order valence-corrected chi connectivity index (χ3v) is 1.76. The predicted molar refractivity (Wildman–Crippen MR) is 59.7 cm³/mol. The van der Waals surface area contributed by atoms with Crippen molar-refractivity contribution in [2.24, 2.45) is 10.9 Å². The number of hydrogen-bond acceptors (Lipinski definition) is 3. The molecule has 14 heavy (non-hydrogen) atoms. The van der Waals surface area contributed by atoms with Gasteiger partial charge in [0.25, 0.3) is 0 Å². The summed E-state index contributed by atoms with van der Waals surface area (Å²) in [6.45, 7) is 0. The molecule has 1 rings (SSSR count). The van der Waals surface area contributed by atoms with Crippen molar-refractivity contribution in [3.63, 3.8) is 0 Å². The SMILES string of the molecule is NC(=NO)c1ccc(C#CCS)cc1. The van der Waals surface area contributed by atoms with Gasteiger partial charge in [-0.2, -0.15) is 12.6 Å². The summed E-state index contributed by atoms with van der Waals surface area (Å²) < 4.78 is 0. The van der Waals surface area contributed by atoms with Gasteiger partial charge in [0, 0.05) is 11.1 Å². The van der Waals surface area contributed by atoms with Crippen molar-refractivity contribution in [1.29, 1.82) is 0 Å². The molecule has 3 N–H and O–H groups in total. The van der Waals surface area contributed by atoms with Gasteiger partial charge in [-0.05, 0) is 24.3 Å². The zero-order valence-corrected chi connectivity index (χ0v) is 8.33. The maximum Gasteiger partial charge on any atom is 0.170 e. The van der Waals surface area contributed by atoms with E-state index in [1.54, 1.807) is 12.1 Å². The molecule has 3 nitrogen and oxygen atoms in total. The van der Waals surface area contributed by atoms with Crippen LogP contribution in [0.5, 0.6) is 0 Å². The van der Waals surface area contributed by atoms with Gasteiger partial charge in [-0.1, -0.05) is 17.0 Å². The molecular formula is C10H10N2OS. The van der Waals surface area contributed by atoms with Crippen LogP contribution >= 0.6 is 12.6 Å². The molecular weight excluding hydrogens is 196 g/mol. The Hall–Kier alpha value is -1.60. The molecule has 4 heteroatoms. The van der Waals surface area contributed by atoms with Crippen LogP contribution in [0.1, 0.15) is 11.1 Å². The largest absolute Gasteiger partial charge is 0.409 e. The summed E-state index contributed by atoms with van der Waals surface area (Å²) in [5.41, 5.74) is 6.95. The van der Waals surface area contributed by atoms with Crippen molar-refractivity contribution in [3.8, 4) is 11.8 Å². The lowest BCUT2D eigenvalue weighted by atomic mass is 10.1. The number of hydrogen-bond donors (Lipinski definition) is 3. The second-order valence-corrected chi connectivity index (χ2v) is 2.84. The molecule has 0 fully saturated rings. The summed E-state index contributed by atoms with van der Waals surface area (Å²) >= 11 is 3.97. The van der Waals surface area contributed by atoms with Crippen LogP contribution in [0, 0.1) is 11.8 Å². The molecule has 0 aliphatic carbocycles. The summed E-state index contributed by atoms with van der Waals surface area (Å²) in [6, 6.07) is 7.11. The molecule has 1 aromatic carbocycles. The molecule has 0 saturated carbocycles. The lowest BCUT2D eigenvalue weighted by Crippen LogP contribution is -2.12. The fourth-order valence-electron chi connectivity index (χ4n) is 0.924. The molecule has 0 spiro atoms. The first-order valence-electron chi connectivity index (χ1n) is 3.95. The average molecular weight is 206 g/mol. The smallest absolute Gasteiger partial charge is 0.170 e. The van der Waals surface area contributed by atoms with E-state index in [9.17, 15) is 0 Å². The highest BCUT2D eigenvalue weighted by atomic mass is 32.1. The van der Waals surface area contributed by atoms with Crippen LogP contribution in [-0.4, -0.2) is 16.8 Å². The van der Waals surface area contributed by atoms with Crippen molar-refractivity contribution in [3.05, 3.63) is 35.4 Å². The van der Waals surface area contributed by atoms with Gasteiger partial charge in [0.05, 0.1) is 5.75 Å². The molecule has 1 aromatic rings. The quantitative estimate of drug-likeness (QED) is 0.161. The van der Waals surface area contributed by atoms with E-state index >= 15 is 0 Å². The van der Waals surface area contributed by atoms with Gasteiger partial charge < -0.3 is 10.9 Å². The van der Waals surface area contributed by atoms with Crippen molar-refractivity contribution in [1.82, 2.24) is 0 Å². The Morgan fingerprint density at radius 2 is 2.07 bits per heavy atom. The summed E-state index contributed by atoms with van der Waals surface area (Å²) in [7, 11) is 0. The van der Waals surface area contributed by atoms with E-state index in [2.05, 4.69) is 29.6 Å². The van der Waals surface area contributed by atoms with E-state index in [0.717, 1.165) is 5.56 Å². The lowest BCUT2D eigenvalue weighted by molar-refractivity contribution is 0.318. The highest BCUT2D eigenvalue weighted by Gasteiger charge is 1.96. The Bertz CT molecular complexity index is 387. The molecule has 0 saturated heterocycles. The van der Waals surface area contributed by atoms with Crippen molar-refractivity contribution in [2.45, 2.75) is 0 Å². The number of oxime groups is 1. The Morgan fingerprint density at radius 1 is 1.43 bits per heavy atom. The first kappa shape index (κ1) is 10.5. The monoisotopic (exact) mass is 206 g/mol. The third-order valence-electron chi connectivity index (χ3n) is 1.60. The minimum atomic E-state index is 0.0960. The highest BCUT2D eigenvalue weighted by molar-refractivity contribution is 7.80. The normalized spacial score (nSPS) is 10.5. The van der Waals surface area contributed by atoms with Crippen LogP contribution < -0.4 is 5.73 Å². The minimum Gasteiger partial charge on any atom is -0.409 e. The molecule has 72 valence electrons. The topological polar surface area (TPSA) is 58.6 Å². The number of benzene rings is 1. The van der Waals surface area contributed by atoms with Gasteiger partial charge in [-0.25, -0.2) is 0 Å². The van der Waals surface area contributed by atoms with Crippen LogP contribution in [0.2, 0.25) is 0 Å². The Balaban J connectivity index is 2.89. The molecule has 0 amide bonds. The standard InChI is InChI=1S/C10H10N2OS/c11-10(12-13)9-5-3-8(4-6-9)2-1-7-14/h3-6,13-14H,7H2,(H2,11,12). The zero-order chi connectivity index (χ0) is 10.4. The van der Waals surface area contributed by atoms with Crippen molar-refractivity contribution >= 4 is 18.5 Å². The fourth-order valence-corrected chi connectivity index (χ4v) is 1.00.